The lowest BCUT2D eigenvalue weighted by Crippen LogP contribution is -2.39. The second kappa shape index (κ2) is 13.8. The molecule has 10 heteroatoms. The number of halogens is 2. The quantitative estimate of drug-likeness (QED) is 0.153. The van der Waals surface area contributed by atoms with Gasteiger partial charge >= 0.3 is 5.97 Å². The van der Waals surface area contributed by atoms with E-state index in [0.717, 1.165) is 10.8 Å². The minimum absolute atomic E-state index is 0. The summed E-state index contributed by atoms with van der Waals surface area (Å²) in [6.07, 6.45) is 0. The maximum Gasteiger partial charge on any atom is 0.350 e. The average Bonchev–Trinajstić information content (AvgIpc) is 3.10. The van der Waals surface area contributed by atoms with Crippen molar-refractivity contribution in [2.75, 3.05) is 26.0 Å². The predicted molar refractivity (Wildman–Crippen MR) is 134 cm³/mol. The number of carbonyl (C=O) groups excluding carboxylic acids is 1. The highest BCUT2D eigenvalue weighted by molar-refractivity contribution is 14.0. The van der Waals surface area contributed by atoms with Gasteiger partial charge < -0.3 is 15.4 Å². The summed E-state index contributed by atoms with van der Waals surface area (Å²) in [5.74, 6) is 1.59. The second-order valence-electron chi connectivity index (χ2n) is 6.20. The summed E-state index contributed by atoms with van der Waals surface area (Å²) in [5.41, 5.74) is 1.38. The molecular weight excluding hydrogens is 538 g/mol. The van der Waals surface area contributed by atoms with Crippen LogP contribution in [0.4, 0.5) is 4.39 Å². The van der Waals surface area contributed by atoms with Crippen LogP contribution in [0.15, 0.2) is 29.3 Å². The van der Waals surface area contributed by atoms with Gasteiger partial charge in [-0.2, -0.15) is 11.8 Å². The first-order valence-electron chi connectivity index (χ1n) is 9.39. The molecule has 0 aliphatic heterocycles. The van der Waals surface area contributed by atoms with Gasteiger partial charge in [0.1, 0.15) is 15.7 Å². The molecule has 0 amide bonds. The molecule has 2 aromatic rings. The van der Waals surface area contributed by atoms with E-state index in [1.54, 1.807) is 44.8 Å². The minimum Gasteiger partial charge on any atom is -0.462 e. The Kier molecular flexibility index (Phi) is 12.3. The van der Waals surface area contributed by atoms with Crippen molar-refractivity contribution in [3.8, 4) is 0 Å². The average molecular weight is 567 g/mol. The summed E-state index contributed by atoms with van der Waals surface area (Å²) in [5, 5.41) is 7.32. The first-order valence-corrected chi connectivity index (χ1v) is 11.4. The number of thiazole rings is 1. The molecule has 166 valence electrons. The third kappa shape index (κ3) is 8.03. The Hall–Kier alpha value is -1.40. The van der Waals surface area contributed by atoms with E-state index in [2.05, 4.69) is 20.6 Å². The fourth-order valence-corrected chi connectivity index (χ4v) is 4.30. The van der Waals surface area contributed by atoms with Crippen molar-refractivity contribution in [3.05, 3.63) is 51.2 Å². The summed E-state index contributed by atoms with van der Waals surface area (Å²) in [6, 6.07) is 6.71. The molecular formula is C20H28FIN4O2S2. The highest BCUT2D eigenvalue weighted by Gasteiger charge is 2.20. The van der Waals surface area contributed by atoms with Gasteiger partial charge in [0.05, 0.1) is 18.3 Å². The standard InChI is InChI=1S/C20H27FN4O2S2.HI/c1-5-27-19(26)17-13(2)24-18(29-17)14(3)25-20(22-4)23-10-11-28-12-15-8-6-7-9-16(15)21;/h6-9,14H,5,10-12H2,1-4H3,(H2,22,23,25);1H. The molecule has 0 bridgehead atoms. The van der Waals surface area contributed by atoms with Crippen molar-refractivity contribution in [1.29, 1.82) is 0 Å². The van der Waals surface area contributed by atoms with Crippen molar-refractivity contribution >= 4 is 59.0 Å². The highest BCUT2D eigenvalue weighted by atomic mass is 127. The first kappa shape index (κ1) is 26.6. The van der Waals surface area contributed by atoms with Crippen LogP contribution in [0.25, 0.3) is 0 Å². The fourth-order valence-electron chi connectivity index (χ4n) is 2.49. The monoisotopic (exact) mass is 566 g/mol. The van der Waals surface area contributed by atoms with Gasteiger partial charge in [-0.3, -0.25) is 4.99 Å². The number of thioether (sulfide) groups is 1. The maximum absolute atomic E-state index is 13.6. The molecule has 6 nitrogen and oxygen atoms in total. The SMILES string of the molecule is CCOC(=O)c1sc(C(C)NC(=NC)NCCSCc2ccccc2F)nc1C.I. The molecule has 1 aromatic heterocycles. The summed E-state index contributed by atoms with van der Waals surface area (Å²) >= 11 is 2.98. The van der Waals surface area contributed by atoms with Crippen molar-refractivity contribution < 1.29 is 13.9 Å². The van der Waals surface area contributed by atoms with Gasteiger partial charge in [-0.05, 0) is 32.4 Å². The number of rotatable bonds is 9. The van der Waals surface area contributed by atoms with Crippen LogP contribution in [0.1, 0.15) is 45.8 Å². The van der Waals surface area contributed by atoms with Crippen LogP contribution < -0.4 is 10.6 Å². The molecule has 0 saturated heterocycles. The van der Waals surface area contributed by atoms with E-state index in [-0.39, 0.29) is 41.8 Å². The van der Waals surface area contributed by atoms with Crippen molar-refractivity contribution in [2.24, 2.45) is 4.99 Å². The Morgan fingerprint density at radius 1 is 1.40 bits per heavy atom. The van der Waals surface area contributed by atoms with Crippen LogP contribution >= 0.6 is 47.1 Å². The number of guanidine groups is 1. The fraction of sp³-hybridized carbons (Fsp3) is 0.450. The molecule has 1 atom stereocenters. The molecule has 1 heterocycles. The van der Waals surface area contributed by atoms with Crippen LogP contribution in [0.5, 0.6) is 0 Å². The first-order chi connectivity index (χ1) is 14.0. The Bertz CT molecular complexity index is 848. The number of aliphatic imine (C=N–C) groups is 1. The number of esters is 1. The number of aryl methyl sites for hydroxylation is 1. The molecule has 0 aliphatic carbocycles. The van der Waals surface area contributed by atoms with E-state index in [1.807, 2.05) is 13.0 Å². The van der Waals surface area contributed by atoms with Crippen molar-refractivity contribution in [1.82, 2.24) is 15.6 Å². The smallest absolute Gasteiger partial charge is 0.350 e. The molecule has 1 unspecified atom stereocenters. The minimum atomic E-state index is -0.338. The zero-order valence-corrected chi connectivity index (χ0v) is 21.5. The van der Waals surface area contributed by atoms with Gasteiger partial charge in [0.25, 0.3) is 0 Å². The Morgan fingerprint density at radius 2 is 2.13 bits per heavy atom. The number of aromatic nitrogens is 1. The lowest BCUT2D eigenvalue weighted by atomic mass is 10.2. The lowest BCUT2D eigenvalue weighted by Gasteiger charge is -2.16. The van der Waals surface area contributed by atoms with E-state index in [4.69, 9.17) is 4.74 Å². The van der Waals surface area contributed by atoms with Crippen LogP contribution in [0.2, 0.25) is 0 Å². The molecule has 30 heavy (non-hydrogen) atoms. The maximum atomic E-state index is 13.6. The molecule has 0 fully saturated rings. The van der Waals surface area contributed by atoms with E-state index >= 15 is 0 Å². The van der Waals surface area contributed by atoms with E-state index in [0.29, 0.717) is 41.0 Å². The summed E-state index contributed by atoms with van der Waals surface area (Å²) in [7, 11) is 1.70. The van der Waals surface area contributed by atoms with Gasteiger partial charge in [-0.1, -0.05) is 18.2 Å². The Balaban J connectivity index is 0.00000450. The Labute approximate surface area is 202 Å². The molecule has 0 spiro atoms. The predicted octanol–water partition coefficient (Wildman–Crippen LogP) is 4.54. The highest BCUT2D eigenvalue weighted by Crippen LogP contribution is 2.24. The molecule has 2 rings (SSSR count). The van der Waals surface area contributed by atoms with Crippen LogP contribution in [0, 0.1) is 12.7 Å². The van der Waals surface area contributed by atoms with Crippen LogP contribution in [-0.2, 0) is 10.5 Å². The topological polar surface area (TPSA) is 75.6 Å². The van der Waals surface area contributed by atoms with Gasteiger partial charge in [0.15, 0.2) is 5.96 Å². The lowest BCUT2D eigenvalue weighted by molar-refractivity contribution is 0.0531. The number of carbonyl (C=O) groups is 1. The number of hydrogen-bond acceptors (Lipinski definition) is 6. The molecule has 0 saturated carbocycles. The van der Waals surface area contributed by atoms with Gasteiger partial charge in [0.2, 0.25) is 0 Å². The third-order valence-electron chi connectivity index (χ3n) is 3.98. The number of ether oxygens (including phenoxy) is 1. The summed E-state index contributed by atoms with van der Waals surface area (Å²) in [4.78, 5) is 21.2. The third-order valence-corrected chi connectivity index (χ3v) is 6.30. The van der Waals surface area contributed by atoms with Gasteiger partial charge in [-0.25, -0.2) is 14.2 Å². The molecule has 0 radical (unpaired) electrons. The summed E-state index contributed by atoms with van der Waals surface area (Å²) in [6.45, 7) is 6.58. The van der Waals surface area contributed by atoms with Crippen LogP contribution in [0.3, 0.4) is 0 Å². The Morgan fingerprint density at radius 3 is 2.80 bits per heavy atom. The van der Waals surface area contributed by atoms with E-state index < -0.39 is 0 Å². The zero-order valence-electron chi connectivity index (χ0n) is 17.5. The van der Waals surface area contributed by atoms with Crippen molar-refractivity contribution in [3.63, 3.8) is 0 Å². The van der Waals surface area contributed by atoms with Crippen LogP contribution in [-0.4, -0.2) is 42.9 Å². The largest absolute Gasteiger partial charge is 0.462 e. The van der Waals surface area contributed by atoms with E-state index in [9.17, 15) is 9.18 Å². The van der Waals surface area contributed by atoms with E-state index in [1.165, 1.54) is 17.4 Å². The number of benzene rings is 1. The van der Waals surface area contributed by atoms with Crippen molar-refractivity contribution in [2.45, 2.75) is 32.6 Å². The number of hydrogen-bond donors (Lipinski definition) is 2. The molecule has 1 aromatic carbocycles. The van der Waals surface area contributed by atoms with Gasteiger partial charge in [-0.15, -0.1) is 35.3 Å². The number of nitrogens with zero attached hydrogens (tertiary/aromatic N) is 2. The molecule has 0 aliphatic rings. The number of nitrogens with one attached hydrogen (secondary N) is 2. The molecule has 2 N–H and O–H groups in total. The van der Waals surface area contributed by atoms with Gasteiger partial charge in [0, 0.05) is 25.1 Å². The normalized spacial score (nSPS) is 12.1. The zero-order chi connectivity index (χ0) is 21.2. The summed E-state index contributed by atoms with van der Waals surface area (Å²) < 4.78 is 18.7. The second-order valence-corrected chi connectivity index (χ2v) is 8.33.